The van der Waals surface area contributed by atoms with Gasteiger partial charge in [-0.05, 0) is 30.3 Å². The minimum atomic E-state index is -0.288. The molecule has 0 spiro atoms. The normalized spacial score (nSPS) is 14.8. The first kappa shape index (κ1) is 16.6. The lowest BCUT2D eigenvalue weighted by molar-refractivity contribution is -0.111. The highest BCUT2D eigenvalue weighted by molar-refractivity contribution is 6.56. The number of aromatic nitrogens is 1. The first-order chi connectivity index (χ1) is 12.5. The van der Waals surface area contributed by atoms with Crippen LogP contribution in [-0.4, -0.2) is 16.6 Å². The topological polar surface area (TPSA) is 65.5 Å². The van der Waals surface area contributed by atoms with Crippen molar-refractivity contribution >= 4 is 51.9 Å². The number of fused-ring (bicyclic) bond motifs is 1. The van der Waals surface area contributed by atoms with Gasteiger partial charge in [0.05, 0.1) is 27.1 Å². The molecule has 128 valence electrons. The Morgan fingerprint density at radius 3 is 2.46 bits per heavy atom. The molecule has 0 atom stereocenters. The molecule has 4 rings (SSSR count). The Hall–Kier alpha value is -2.89. The number of rotatable bonds is 2. The summed E-state index contributed by atoms with van der Waals surface area (Å²) in [6.45, 7) is 0. The van der Waals surface area contributed by atoms with Crippen molar-refractivity contribution in [1.29, 1.82) is 0 Å². The fraction of sp³-hybridized carbons (Fsp3) is 0. The third-order valence-electron chi connectivity index (χ3n) is 3.98. The number of nitrogens with zero attached hydrogens (tertiary/aromatic N) is 2. The fourth-order valence-corrected chi connectivity index (χ4v) is 3.08. The largest absolute Gasteiger partial charge is 0.327 e. The summed E-state index contributed by atoms with van der Waals surface area (Å²) >= 11 is 12.0. The van der Waals surface area contributed by atoms with Crippen LogP contribution in [0.15, 0.2) is 70.6 Å². The number of halogens is 2. The smallest absolute Gasteiger partial charge is 0.282 e. The van der Waals surface area contributed by atoms with E-state index in [1.165, 1.54) is 17.2 Å². The maximum absolute atomic E-state index is 13.0. The average molecular weight is 384 g/mol. The minimum Gasteiger partial charge on any atom is -0.327 e. The summed E-state index contributed by atoms with van der Waals surface area (Å²) in [5.41, 5.74) is 2.55. The van der Waals surface area contributed by atoms with Crippen LogP contribution in [0.5, 0.6) is 0 Å². The zero-order valence-electron chi connectivity index (χ0n) is 13.2. The molecule has 0 bridgehead atoms. The first-order valence-electron chi connectivity index (χ1n) is 7.71. The quantitative estimate of drug-likeness (QED) is 0.708. The lowest BCUT2D eigenvalue weighted by Gasteiger charge is -2.16. The molecule has 0 aliphatic carbocycles. The lowest BCUT2D eigenvalue weighted by Crippen LogP contribution is -2.26. The molecule has 26 heavy (non-hydrogen) atoms. The molecule has 1 aliphatic rings. The van der Waals surface area contributed by atoms with E-state index in [0.717, 1.165) is 0 Å². The van der Waals surface area contributed by atoms with Crippen molar-refractivity contribution in [3.63, 3.8) is 0 Å². The summed E-state index contributed by atoms with van der Waals surface area (Å²) in [5.74, 6) is -0.288. The van der Waals surface area contributed by atoms with Crippen molar-refractivity contribution in [3.8, 4) is 0 Å². The zero-order valence-corrected chi connectivity index (χ0v) is 14.8. The van der Waals surface area contributed by atoms with E-state index in [1.807, 2.05) is 24.3 Å². The molecule has 7 heteroatoms. The molecule has 0 saturated carbocycles. The standard InChI is InChI=1S/C19H11Cl2N3O2/c20-14-7-5-11(9-15(14)21)23-18-13-3-1-2-4-16(13)24(19(18)26)12-6-8-17(25)22-10-12/h1-10H,(H,22,25). The Labute approximate surface area is 158 Å². The molecule has 1 N–H and O–H groups in total. The van der Waals surface area contributed by atoms with Crippen LogP contribution in [0.2, 0.25) is 10.0 Å². The van der Waals surface area contributed by atoms with Gasteiger partial charge in [0.1, 0.15) is 5.71 Å². The summed E-state index contributed by atoms with van der Waals surface area (Å²) < 4.78 is 0. The second kappa shape index (κ2) is 6.44. The number of pyridine rings is 1. The van der Waals surface area contributed by atoms with E-state index < -0.39 is 0 Å². The number of amides is 1. The predicted molar refractivity (Wildman–Crippen MR) is 103 cm³/mol. The van der Waals surface area contributed by atoms with Crippen LogP contribution in [0.25, 0.3) is 0 Å². The molecule has 2 aromatic carbocycles. The number of aliphatic imine (C=N–C) groups is 1. The second-order valence-corrected chi connectivity index (χ2v) is 6.44. The van der Waals surface area contributed by atoms with Crippen LogP contribution in [0.4, 0.5) is 17.1 Å². The number of carbonyl (C=O) groups is 1. The van der Waals surface area contributed by atoms with Gasteiger partial charge in [0, 0.05) is 17.8 Å². The molecule has 0 radical (unpaired) electrons. The molecule has 0 saturated heterocycles. The van der Waals surface area contributed by atoms with Gasteiger partial charge in [0.2, 0.25) is 5.56 Å². The monoisotopic (exact) mass is 383 g/mol. The van der Waals surface area contributed by atoms with Crippen molar-refractivity contribution in [1.82, 2.24) is 4.98 Å². The maximum atomic E-state index is 13.0. The van der Waals surface area contributed by atoms with E-state index in [2.05, 4.69) is 9.98 Å². The lowest BCUT2D eigenvalue weighted by atomic mass is 10.1. The Balaban J connectivity index is 1.85. The summed E-state index contributed by atoms with van der Waals surface area (Å²) in [7, 11) is 0. The van der Waals surface area contributed by atoms with Gasteiger partial charge in [-0.3, -0.25) is 14.5 Å². The summed E-state index contributed by atoms with van der Waals surface area (Å²) in [4.78, 5) is 33.0. The molecule has 5 nitrogen and oxygen atoms in total. The number of aromatic amines is 1. The number of hydrogen-bond acceptors (Lipinski definition) is 3. The van der Waals surface area contributed by atoms with Gasteiger partial charge < -0.3 is 4.98 Å². The number of para-hydroxylation sites is 1. The number of anilines is 2. The van der Waals surface area contributed by atoms with Crippen LogP contribution in [-0.2, 0) is 4.79 Å². The molecule has 2 heterocycles. The Morgan fingerprint density at radius 2 is 1.73 bits per heavy atom. The number of H-pyrrole nitrogens is 1. The second-order valence-electron chi connectivity index (χ2n) is 5.63. The van der Waals surface area contributed by atoms with Crippen LogP contribution in [0, 0.1) is 0 Å². The van der Waals surface area contributed by atoms with Gasteiger partial charge in [-0.15, -0.1) is 0 Å². The van der Waals surface area contributed by atoms with Gasteiger partial charge in [-0.1, -0.05) is 41.4 Å². The fourth-order valence-electron chi connectivity index (χ4n) is 2.79. The summed E-state index contributed by atoms with van der Waals surface area (Å²) in [6.07, 6.45) is 1.50. The SMILES string of the molecule is O=C1C(=Nc2ccc(Cl)c(Cl)c2)c2ccccc2N1c1ccc(=O)[nH]c1. The van der Waals surface area contributed by atoms with Crippen molar-refractivity contribution in [2.24, 2.45) is 4.99 Å². The first-order valence-corrected chi connectivity index (χ1v) is 8.46. The van der Waals surface area contributed by atoms with E-state index >= 15 is 0 Å². The highest BCUT2D eigenvalue weighted by Crippen LogP contribution is 2.36. The van der Waals surface area contributed by atoms with E-state index in [4.69, 9.17) is 23.2 Å². The van der Waals surface area contributed by atoms with Gasteiger partial charge in [-0.2, -0.15) is 0 Å². The van der Waals surface area contributed by atoms with E-state index in [-0.39, 0.29) is 11.5 Å². The molecule has 1 aromatic heterocycles. The van der Waals surface area contributed by atoms with Crippen molar-refractivity contribution in [3.05, 3.63) is 86.8 Å². The van der Waals surface area contributed by atoms with E-state index in [9.17, 15) is 9.59 Å². The van der Waals surface area contributed by atoms with Crippen LogP contribution >= 0.6 is 23.2 Å². The van der Waals surface area contributed by atoms with Gasteiger partial charge in [0.25, 0.3) is 5.91 Å². The number of benzene rings is 2. The summed E-state index contributed by atoms with van der Waals surface area (Å²) in [6, 6.07) is 15.2. The van der Waals surface area contributed by atoms with Crippen molar-refractivity contribution < 1.29 is 4.79 Å². The van der Waals surface area contributed by atoms with Gasteiger partial charge in [-0.25, -0.2) is 4.99 Å². The van der Waals surface area contributed by atoms with Gasteiger partial charge >= 0.3 is 0 Å². The average Bonchev–Trinajstić information content (AvgIpc) is 2.91. The highest BCUT2D eigenvalue weighted by atomic mass is 35.5. The van der Waals surface area contributed by atoms with E-state index in [1.54, 1.807) is 24.3 Å². The van der Waals surface area contributed by atoms with Crippen molar-refractivity contribution in [2.75, 3.05) is 4.90 Å². The molecule has 1 amide bonds. The molecule has 0 unspecified atom stereocenters. The number of nitrogens with one attached hydrogen (secondary N) is 1. The third kappa shape index (κ3) is 2.81. The molecule has 3 aromatic rings. The summed E-state index contributed by atoms with van der Waals surface area (Å²) in [5, 5.41) is 0.786. The Kier molecular flexibility index (Phi) is 4.11. The van der Waals surface area contributed by atoms with Crippen molar-refractivity contribution in [2.45, 2.75) is 0 Å². The molecule has 0 fully saturated rings. The third-order valence-corrected chi connectivity index (χ3v) is 4.71. The predicted octanol–water partition coefficient (Wildman–Crippen LogP) is 4.48. The Bertz CT molecular complexity index is 1100. The van der Waals surface area contributed by atoms with Crippen LogP contribution < -0.4 is 10.5 Å². The molecule has 1 aliphatic heterocycles. The minimum absolute atomic E-state index is 0.238. The number of hydrogen-bond donors (Lipinski definition) is 1. The maximum Gasteiger partial charge on any atom is 0.282 e. The zero-order chi connectivity index (χ0) is 18.3. The molecular formula is C19H11Cl2N3O2. The highest BCUT2D eigenvalue weighted by Gasteiger charge is 2.34. The Morgan fingerprint density at radius 1 is 0.923 bits per heavy atom. The van der Waals surface area contributed by atoms with E-state index in [0.29, 0.717) is 38.4 Å². The number of carbonyl (C=O) groups excluding carboxylic acids is 1. The van der Waals surface area contributed by atoms with Crippen LogP contribution in [0.1, 0.15) is 5.56 Å². The van der Waals surface area contributed by atoms with Crippen LogP contribution in [0.3, 0.4) is 0 Å². The van der Waals surface area contributed by atoms with Gasteiger partial charge in [0.15, 0.2) is 0 Å². The molecular weight excluding hydrogens is 373 g/mol.